The van der Waals surface area contributed by atoms with Crippen LogP contribution in [0.1, 0.15) is 41.3 Å². The Balaban J connectivity index is 1.57. The van der Waals surface area contributed by atoms with Crippen molar-refractivity contribution in [2.75, 3.05) is 26.2 Å². The van der Waals surface area contributed by atoms with Crippen LogP contribution in [0.5, 0.6) is 0 Å². The van der Waals surface area contributed by atoms with Gasteiger partial charge < -0.3 is 4.90 Å². The zero-order valence-electron chi connectivity index (χ0n) is 19.8. The van der Waals surface area contributed by atoms with Gasteiger partial charge in [-0.2, -0.15) is 0 Å². The summed E-state index contributed by atoms with van der Waals surface area (Å²) in [6.45, 7) is 8.02. The van der Waals surface area contributed by atoms with Gasteiger partial charge in [0.05, 0.1) is 5.56 Å². The second-order valence-electron chi connectivity index (χ2n) is 9.68. The molecule has 0 N–H and O–H groups in total. The lowest BCUT2D eigenvalue weighted by molar-refractivity contribution is 0.0698. The van der Waals surface area contributed by atoms with E-state index in [-0.39, 0.29) is 23.3 Å². The molecule has 0 bridgehead atoms. The highest BCUT2D eigenvalue weighted by molar-refractivity contribution is 6.30. The quantitative estimate of drug-likeness (QED) is 0.369. The second kappa shape index (κ2) is 11.2. The first-order valence-corrected chi connectivity index (χ1v) is 12.3. The summed E-state index contributed by atoms with van der Waals surface area (Å²) in [4.78, 5) is 17.7. The Hall–Kier alpha value is -2.69. The maximum absolute atomic E-state index is 14.5. The van der Waals surface area contributed by atoms with Crippen LogP contribution in [-0.4, -0.2) is 41.9 Å². The average Bonchev–Trinajstić information content (AvgIpc) is 3.22. The van der Waals surface area contributed by atoms with Gasteiger partial charge in [-0.15, -0.1) is 0 Å². The molecule has 0 saturated carbocycles. The number of hydrogen-bond donors (Lipinski definition) is 0. The largest absolute Gasteiger partial charge is 0.338 e. The lowest BCUT2D eigenvalue weighted by Gasteiger charge is -2.30. The van der Waals surface area contributed by atoms with Crippen molar-refractivity contribution in [3.63, 3.8) is 0 Å². The Labute approximate surface area is 207 Å². The predicted octanol–water partition coefficient (Wildman–Crippen LogP) is 6.49. The standard InChI is InChI=1S/C29H32ClFN2O/c1-21(2)16-33(29(34)26-10-6-7-11-28(26)31)19-24-18-32(17-22-12-14-25(30)15-13-22)20-27(24)23-8-4-3-5-9-23/h3-15,21,24,27H,16-20H2,1-2H3. The topological polar surface area (TPSA) is 23.6 Å². The maximum Gasteiger partial charge on any atom is 0.256 e. The molecule has 1 fully saturated rings. The van der Waals surface area contributed by atoms with Crippen LogP contribution in [0, 0.1) is 17.7 Å². The fraction of sp³-hybridized carbons (Fsp3) is 0.345. The molecular weight excluding hydrogens is 447 g/mol. The van der Waals surface area contributed by atoms with Crippen molar-refractivity contribution in [1.29, 1.82) is 0 Å². The van der Waals surface area contributed by atoms with Crippen LogP contribution in [0.4, 0.5) is 4.39 Å². The molecule has 1 aliphatic heterocycles. The van der Waals surface area contributed by atoms with Crippen LogP contribution in [0.15, 0.2) is 78.9 Å². The summed E-state index contributed by atoms with van der Waals surface area (Å²) in [5.74, 6) is 0.157. The molecule has 2 atom stereocenters. The summed E-state index contributed by atoms with van der Waals surface area (Å²) in [6, 6.07) is 24.8. The smallest absolute Gasteiger partial charge is 0.256 e. The molecule has 0 aromatic heterocycles. The van der Waals surface area contributed by atoms with E-state index in [0.717, 1.165) is 24.7 Å². The van der Waals surface area contributed by atoms with Crippen LogP contribution >= 0.6 is 11.6 Å². The first-order valence-electron chi connectivity index (χ1n) is 12.0. The molecule has 0 aliphatic carbocycles. The molecular formula is C29H32ClFN2O. The fourth-order valence-electron chi connectivity index (χ4n) is 4.97. The minimum Gasteiger partial charge on any atom is -0.338 e. The average molecular weight is 479 g/mol. The van der Waals surface area contributed by atoms with Gasteiger partial charge in [-0.05, 0) is 47.2 Å². The number of halogens is 2. The molecule has 3 aromatic rings. The molecule has 1 saturated heterocycles. The predicted molar refractivity (Wildman–Crippen MR) is 137 cm³/mol. The zero-order valence-corrected chi connectivity index (χ0v) is 20.6. The molecule has 1 amide bonds. The van der Waals surface area contributed by atoms with Crippen molar-refractivity contribution in [1.82, 2.24) is 9.80 Å². The highest BCUT2D eigenvalue weighted by atomic mass is 35.5. The van der Waals surface area contributed by atoms with Gasteiger partial charge >= 0.3 is 0 Å². The minimum absolute atomic E-state index is 0.149. The highest BCUT2D eigenvalue weighted by Crippen LogP contribution is 2.34. The second-order valence-corrected chi connectivity index (χ2v) is 10.1. The van der Waals surface area contributed by atoms with Gasteiger partial charge in [0, 0.05) is 43.7 Å². The summed E-state index contributed by atoms with van der Waals surface area (Å²) < 4.78 is 14.5. The minimum atomic E-state index is -0.461. The lowest BCUT2D eigenvalue weighted by atomic mass is 9.88. The van der Waals surface area contributed by atoms with Gasteiger partial charge in [-0.25, -0.2) is 4.39 Å². The van der Waals surface area contributed by atoms with Crippen LogP contribution in [0.2, 0.25) is 5.02 Å². The van der Waals surface area contributed by atoms with Gasteiger partial charge in [0.25, 0.3) is 5.91 Å². The maximum atomic E-state index is 14.5. The fourth-order valence-corrected chi connectivity index (χ4v) is 5.10. The summed E-state index contributed by atoms with van der Waals surface area (Å²) >= 11 is 6.07. The molecule has 0 spiro atoms. The summed E-state index contributed by atoms with van der Waals surface area (Å²) in [5, 5.41) is 0.737. The number of amides is 1. The Morgan fingerprint density at radius 2 is 1.68 bits per heavy atom. The van der Waals surface area contributed by atoms with E-state index in [1.807, 2.05) is 23.1 Å². The van der Waals surface area contributed by atoms with Crippen LogP contribution in [-0.2, 0) is 6.54 Å². The van der Waals surface area contributed by atoms with Gasteiger partial charge in [0.1, 0.15) is 5.82 Å². The first kappa shape index (κ1) is 24.4. The van der Waals surface area contributed by atoms with E-state index in [9.17, 15) is 9.18 Å². The SMILES string of the molecule is CC(C)CN(CC1CN(Cc2ccc(Cl)cc2)CC1c1ccccc1)C(=O)c1ccccc1F. The van der Waals surface area contributed by atoms with Gasteiger partial charge in [-0.3, -0.25) is 9.69 Å². The molecule has 34 heavy (non-hydrogen) atoms. The van der Waals surface area contributed by atoms with Gasteiger partial charge in [-0.1, -0.05) is 80.0 Å². The normalized spacial score (nSPS) is 18.4. The molecule has 0 radical (unpaired) electrons. The third kappa shape index (κ3) is 6.05. The molecule has 1 aliphatic rings. The summed E-state index contributed by atoms with van der Waals surface area (Å²) in [5.41, 5.74) is 2.66. The first-order chi connectivity index (χ1) is 16.4. The number of nitrogens with zero attached hydrogens (tertiary/aromatic N) is 2. The molecule has 178 valence electrons. The van der Waals surface area contributed by atoms with Crippen molar-refractivity contribution in [3.8, 4) is 0 Å². The lowest BCUT2D eigenvalue weighted by Crippen LogP contribution is -2.40. The van der Waals surface area contributed by atoms with E-state index >= 15 is 0 Å². The van der Waals surface area contributed by atoms with Crippen LogP contribution < -0.4 is 0 Å². The molecule has 2 unspecified atom stereocenters. The van der Waals surface area contributed by atoms with E-state index < -0.39 is 5.82 Å². The number of benzene rings is 3. The third-order valence-electron chi connectivity index (χ3n) is 6.50. The Morgan fingerprint density at radius 1 is 1.00 bits per heavy atom. The zero-order chi connectivity index (χ0) is 24.1. The number of carbonyl (C=O) groups excluding carboxylic acids is 1. The van der Waals surface area contributed by atoms with Crippen molar-refractivity contribution in [3.05, 3.63) is 106 Å². The Kier molecular flexibility index (Phi) is 8.02. The third-order valence-corrected chi connectivity index (χ3v) is 6.75. The Bertz CT molecular complexity index is 1090. The molecule has 3 nitrogen and oxygen atoms in total. The van der Waals surface area contributed by atoms with Crippen molar-refractivity contribution in [2.45, 2.75) is 26.3 Å². The van der Waals surface area contributed by atoms with E-state index in [4.69, 9.17) is 11.6 Å². The van der Waals surface area contributed by atoms with Gasteiger partial charge in [0.15, 0.2) is 0 Å². The van der Waals surface area contributed by atoms with Crippen LogP contribution in [0.3, 0.4) is 0 Å². The number of rotatable bonds is 8. The number of likely N-dealkylation sites (tertiary alicyclic amines) is 1. The molecule has 1 heterocycles. The van der Waals surface area contributed by atoms with Crippen molar-refractivity contribution >= 4 is 17.5 Å². The highest BCUT2D eigenvalue weighted by Gasteiger charge is 2.36. The molecule has 4 rings (SSSR count). The van der Waals surface area contributed by atoms with E-state index in [1.165, 1.54) is 17.2 Å². The summed E-state index contributed by atoms with van der Waals surface area (Å²) in [7, 11) is 0. The summed E-state index contributed by atoms with van der Waals surface area (Å²) in [6.07, 6.45) is 0. The van der Waals surface area contributed by atoms with Crippen LogP contribution in [0.25, 0.3) is 0 Å². The van der Waals surface area contributed by atoms with Gasteiger partial charge in [0.2, 0.25) is 0 Å². The van der Waals surface area contributed by atoms with E-state index in [0.29, 0.717) is 19.0 Å². The molecule has 3 aromatic carbocycles. The number of hydrogen-bond acceptors (Lipinski definition) is 2. The number of carbonyl (C=O) groups is 1. The van der Waals surface area contributed by atoms with E-state index in [2.05, 4.69) is 55.1 Å². The van der Waals surface area contributed by atoms with Crippen molar-refractivity contribution < 1.29 is 9.18 Å². The van der Waals surface area contributed by atoms with E-state index in [1.54, 1.807) is 18.2 Å². The molecule has 5 heteroatoms. The van der Waals surface area contributed by atoms with Crippen molar-refractivity contribution in [2.24, 2.45) is 11.8 Å². The Morgan fingerprint density at radius 3 is 2.35 bits per heavy atom. The monoisotopic (exact) mass is 478 g/mol.